The van der Waals surface area contributed by atoms with Gasteiger partial charge in [0.05, 0.1) is 42.0 Å². The van der Waals surface area contributed by atoms with E-state index in [1.165, 1.54) is 21.1 Å². The first-order chi connectivity index (χ1) is 27.5. The Morgan fingerprint density at radius 3 is 2.17 bits per heavy atom. The van der Waals surface area contributed by atoms with E-state index >= 15 is 0 Å². The lowest BCUT2D eigenvalue weighted by Crippen LogP contribution is -2.61. The maximum absolute atomic E-state index is 14.4. The van der Waals surface area contributed by atoms with Crippen LogP contribution in [0, 0.1) is 23.7 Å². The molecule has 0 bridgehead atoms. The van der Waals surface area contributed by atoms with Crippen LogP contribution in [0.1, 0.15) is 127 Å². The molecule has 2 aliphatic heterocycles. The van der Waals surface area contributed by atoms with Crippen LogP contribution in [0.3, 0.4) is 0 Å². The van der Waals surface area contributed by atoms with Gasteiger partial charge in [0.2, 0.25) is 0 Å². The highest BCUT2D eigenvalue weighted by molar-refractivity contribution is 5.81. The Balaban J connectivity index is 2.13. The van der Waals surface area contributed by atoms with Crippen LogP contribution >= 0.6 is 0 Å². The molecule has 3 rings (SSSR count). The fraction of sp³-hybridized carbons (Fsp3) is 0.932. The second-order valence-electron chi connectivity index (χ2n) is 18.8. The fourth-order valence-electron chi connectivity index (χ4n) is 9.75. The van der Waals surface area contributed by atoms with Crippen molar-refractivity contribution in [2.75, 3.05) is 34.9 Å². The normalized spacial score (nSPS) is 43.2. The molecule has 0 aromatic carbocycles. The molecule has 59 heavy (non-hydrogen) atoms. The van der Waals surface area contributed by atoms with Crippen molar-refractivity contribution in [1.82, 2.24) is 10.2 Å². The third kappa shape index (κ3) is 12.8. The van der Waals surface area contributed by atoms with Crippen molar-refractivity contribution in [3.8, 4) is 0 Å². The molecule has 2 heterocycles. The number of nitrogens with one attached hydrogen (secondary N) is 1. The van der Waals surface area contributed by atoms with Crippen LogP contribution < -0.4 is 5.32 Å². The van der Waals surface area contributed by atoms with Gasteiger partial charge in [-0.3, -0.25) is 9.59 Å². The summed E-state index contributed by atoms with van der Waals surface area (Å²) in [5.74, 6) is -3.41. The van der Waals surface area contributed by atoms with E-state index in [1.807, 2.05) is 46.7 Å². The van der Waals surface area contributed by atoms with Crippen molar-refractivity contribution in [3.05, 3.63) is 0 Å². The number of amides is 1. The van der Waals surface area contributed by atoms with Gasteiger partial charge in [-0.25, -0.2) is 4.79 Å². The van der Waals surface area contributed by atoms with E-state index in [0.717, 1.165) is 19.3 Å². The number of carbonyl (C=O) groups excluding carboxylic acids is 3. The zero-order valence-electron chi connectivity index (χ0n) is 38.5. The minimum absolute atomic E-state index is 0.0863. The van der Waals surface area contributed by atoms with Crippen LogP contribution in [0.15, 0.2) is 0 Å². The molecular formula is C44H80N2O13. The molecular weight excluding hydrogens is 764 g/mol. The summed E-state index contributed by atoms with van der Waals surface area (Å²) in [5.41, 5.74) is -4.42. The third-order valence-electron chi connectivity index (χ3n) is 13.4. The molecule has 0 aromatic rings. The summed E-state index contributed by atoms with van der Waals surface area (Å²) < 4.78 is 44.1. The van der Waals surface area contributed by atoms with Gasteiger partial charge >= 0.3 is 12.1 Å². The standard InChI is InChI=1S/C44H80N2O13/c1-15-17-18-19-45-41(50)59-37-25(3)20-30(24-42(37,8)51)56-36-28(6)38(58-40-35(48)31(46(11)12)21-27(5)55-40)43(9,54-14)23-26(4)32(47)22-34(53-13)44(10,52)33(16-2)57-39(49)29(36)7/h25-31,33-38,40,48,51-52H,15-24H2,1-14H3,(H,45,50)/t25-,26-,27-,28+,29-,30-,31+,33-,34-,35-,36+,37+,38-,40+,42-,43+,44-/m1/s1. The predicted molar refractivity (Wildman–Crippen MR) is 222 cm³/mol. The van der Waals surface area contributed by atoms with Gasteiger partial charge < -0.3 is 58.7 Å². The monoisotopic (exact) mass is 845 g/mol. The van der Waals surface area contributed by atoms with Crippen LogP contribution in [-0.4, -0.2) is 151 Å². The molecule has 1 saturated carbocycles. The number of esters is 1. The number of aliphatic hydroxyl groups is 3. The topological polar surface area (TPSA) is 192 Å². The Morgan fingerprint density at radius 1 is 0.949 bits per heavy atom. The maximum Gasteiger partial charge on any atom is 0.407 e. The smallest absolute Gasteiger partial charge is 0.407 e. The highest BCUT2D eigenvalue weighted by atomic mass is 16.7. The molecule has 1 aliphatic carbocycles. The predicted octanol–water partition coefficient (Wildman–Crippen LogP) is 4.78. The Kier molecular flexibility index (Phi) is 19.1. The number of likely N-dealkylation sites (N-methyl/N-ethyl adjacent to an activating group) is 1. The number of cyclic esters (lactones) is 1. The number of alkyl carbamates (subject to hydrolysis) is 1. The highest BCUT2D eigenvalue weighted by Crippen LogP contribution is 2.42. The SMILES string of the molecule is CCCCCNC(=O)O[C@H]1[C@H](C)C[C@@H](O[C@H]2[C@H](C)[C@@H](O[C@@H]3O[C@H](C)C[C@H](N(C)C)[C@H]3O)[C@@](C)(OC)C[C@@H](C)C(=O)C[C@@H](OC)[C@](C)(O)[C@@H](CC)OC(=O)[C@@H]2C)C[C@@]1(C)O. The highest BCUT2D eigenvalue weighted by Gasteiger charge is 2.53. The minimum Gasteiger partial charge on any atom is -0.459 e. The molecule has 3 aliphatic rings. The number of nitrogens with zero attached hydrogens (tertiary/aromatic N) is 1. The van der Waals surface area contributed by atoms with Gasteiger partial charge in [0.15, 0.2) is 6.29 Å². The average molecular weight is 845 g/mol. The molecule has 344 valence electrons. The lowest BCUT2D eigenvalue weighted by atomic mass is 9.74. The summed E-state index contributed by atoms with van der Waals surface area (Å²) in [6, 6.07) is -0.280. The number of carbonyl (C=O) groups is 3. The van der Waals surface area contributed by atoms with Crippen LogP contribution in [0.4, 0.5) is 4.79 Å². The molecule has 0 radical (unpaired) electrons. The van der Waals surface area contributed by atoms with E-state index in [1.54, 1.807) is 27.7 Å². The van der Waals surface area contributed by atoms with Crippen molar-refractivity contribution in [3.63, 3.8) is 0 Å². The van der Waals surface area contributed by atoms with E-state index in [0.29, 0.717) is 19.4 Å². The lowest BCUT2D eigenvalue weighted by Gasteiger charge is -2.49. The number of Topliss-reactive ketones (excluding diaryl/α,β-unsaturated/α-hetero) is 1. The quantitative estimate of drug-likeness (QED) is 0.146. The molecule has 1 amide bonds. The molecule has 15 heteroatoms. The maximum atomic E-state index is 14.4. The molecule has 0 unspecified atom stereocenters. The van der Waals surface area contributed by atoms with Gasteiger partial charge in [0.1, 0.15) is 35.3 Å². The summed E-state index contributed by atoms with van der Waals surface area (Å²) in [4.78, 5) is 43.1. The molecule has 2 saturated heterocycles. The van der Waals surface area contributed by atoms with Gasteiger partial charge in [-0.1, -0.05) is 47.5 Å². The van der Waals surface area contributed by atoms with Crippen LogP contribution in [0.5, 0.6) is 0 Å². The van der Waals surface area contributed by atoms with Gasteiger partial charge in [-0.15, -0.1) is 0 Å². The molecule has 15 nitrogen and oxygen atoms in total. The van der Waals surface area contributed by atoms with E-state index in [9.17, 15) is 29.7 Å². The van der Waals surface area contributed by atoms with Crippen molar-refractivity contribution in [1.29, 1.82) is 0 Å². The Morgan fingerprint density at radius 2 is 1.61 bits per heavy atom. The zero-order chi connectivity index (χ0) is 44.6. The molecule has 0 aromatic heterocycles. The van der Waals surface area contributed by atoms with Crippen LogP contribution in [0.25, 0.3) is 0 Å². The second-order valence-corrected chi connectivity index (χ2v) is 18.8. The molecule has 0 spiro atoms. The van der Waals surface area contributed by atoms with Gasteiger partial charge in [0, 0.05) is 51.5 Å². The zero-order valence-corrected chi connectivity index (χ0v) is 38.5. The summed E-state index contributed by atoms with van der Waals surface area (Å²) in [5, 5.41) is 38.2. The molecule has 3 fully saturated rings. The first-order valence-corrected chi connectivity index (χ1v) is 22.0. The van der Waals surface area contributed by atoms with Gasteiger partial charge in [-0.2, -0.15) is 0 Å². The van der Waals surface area contributed by atoms with Crippen molar-refractivity contribution >= 4 is 17.8 Å². The van der Waals surface area contributed by atoms with Crippen molar-refractivity contribution < 1.29 is 62.9 Å². The second kappa shape index (κ2) is 21.9. The molecule has 4 N–H and O–H groups in total. The number of aliphatic hydroxyl groups excluding tert-OH is 1. The van der Waals surface area contributed by atoms with E-state index in [4.69, 9.17) is 33.2 Å². The van der Waals surface area contributed by atoms with Crippen molar-refractivity contribution in [2.45, 2.75) is 205 Å². The van der Waals surface area contributed by atoms with Crippen molar-refractivity contribution in [2.24, 2.45) is 23.7 Å². The van der Waals surface area contributed by atoms with Gasteiger partial charge in [0.25, 0.3) is 0 Å². The van der Waals surface area contributed by atoms with Gasteiger partial charge in [-0.05, 0) is 86.7 Å². The number of unbranched alkanes of at least 4 members (excludes halogenated alkanes) is 2. The first-order valence-electron chi connectivity index (χ1n) is 22.0. The van der Waals surface area contributed by atoms with E-state index < -0.39 is 95.6 Å². The number of hydrogen-bond acceptors (Lipinski definition) is 14. The Bertz CT molecular complexity index is 1350. The Hall–Kier alpha value is -1.95. The summed E-state index contributed by atoms with van der Waals surface area (Å²) in [6.45, 7) is 18.5. The van der Waals surface area contributed by atoms with Crippen LogP contribution in [0.2, 0.25) is 0 Å². The Labute approximate surface area is 353 Å². The number of hydrogen-bond donors (Lipinski definition) is 4. The average Bonchev–Trinajstić information content (AvgIpc) is 3.16. The van der Waals surface area contributed by atoms with Crippen LogP contribution in [-0.2, 0) is 42.7 Å². The largest absolute Gasteiger partial charge is 0.459 e. The number of ketones is 1. The third-order valence-corrected chi connectivity index (χ3v) is 13.4. The minimum atomic E-state index is -1.72. The summed E-state index contributed by atoms with van der Waals surface area (Å²) in [7, 11) is 6.73. The summed E-state index contributed by atoms with van der Waals surface area (Å²) >= 11 is 0. The van der Waals surface area contributed by atoms with E-state index in [-0.39, 0.29) is 49.5 Å². The first kappa shape index (κ1) is 51.4. The van der Waals surface area contributed by atoms with E-state index in [2.05, 4.69) is 12.2 Å². The summed E-state index contributed by atoms with van der Waals surface area (Å²) in [6.07, 6.45) is -4.19. The fourth-order valence-corrected chi connectivity index (χ4v) is 9.75. The number of methoxy groups -OCH3 is 2. The lowest BCUT2D eigenvalue weighted by molar-refractivity contribution is -0.304. The number of ether oxygens (including phenoxy) is 7. The number of rotatable bonds is 13. The molecule has 17 atom stereocenters.